The van der Waals surface area contributed by atoms with Gasteiger partial charge in [-0.15, -0.1) is 0 Å². The fourth-order valence-corrected chi connectivity index (χ4v) is 3.60. The highest BCUT2D eigenvalue weighted by Crippen LogP contribution is 2.32. The van der Waals surface area contributed by atoms with Crippen LogP contribution in [0.5, 0.6) is 11.5 Å². The fourth-order valence-electron chi connectivity index (χ4n) is 2.36. The molecule has 130 valence electrons. The summed E-state index contributed by atoms with van der Waals surface area (Å²) in [5, 5.41) is 8.59. The molecule has 0 atom stereocenters. The number of ether oxygens (including phenoxy) is 2. The topological polar surface area (TPSA) is 96.7 Å². The summed E-state index contributed by atoms with van der Waals surface area (Å²) in [6, 6.07) is 6.43. The quantitative estimate of drug-likeness (QED) is 0.735. The fraction of sp³-hybridized carbons (Fsp3) is 0.500. The van der Waals surface area contributed by atoms with Crippen molar-refractivity contribution in [1.29, 1.82) is 5.26 Å². The van der Waals surface area contributed by atoms with Gasteiger partial charge in [-0.3, -0.25) is 4.79 Å². The van der Waals surface area contributed by atoms with Gasteiger partial charge in [0.1, 0.15) is 13.2 Å². The van der Waals surface area contributed by atoms with Gasteiger partial charge in [-0.1, -0.05) is 0 Å². The summed E-state index contributed by atoms with van der Waals surface area (Å²) in [6.45, 7) is 3.37. The van der Waals surface area contributed by atoms with Gasteiger partial charge in [-0.05, 0) is 19.1 Å². The van der Waals surface area contributed by atoms with Crippen molar-refractivity contribution in [3.05, 3.63) is 18.2 Å². The summed E-state index contributed by atoms with van der Waals surface area (Å²) in [7, 11) is -3.60. The maximum Gasteiger partial charge on any atom is 0.223 e. The van der Waals surface area contributed by atoms with Gasteiger partial charge in [0.2, 0.25) is 5.91 Å². The van der Waals surface area contributed by atoms with E-state index in [1.807, 2.05) is 6.07 Å². The Balaban J connectivity index is 2.03. The maximum absolute atomic E-state index is 12.4. The van der Waals surface area contributed by atoms with E-state index >= 15 is 0 Å². The van der Waals surface area contributed by atoms with Gasteiger partial charge in [0.15, 0.2) is 21.3 Å². The van der Waals surface area contributed by atoms with Crippen molar-refractivity contribution in [2.75, 3.05) is 32.1 Å². The van der Waals surface area contributed by atoms with E-state index in [9.17, 15) is 13.2 Å². The lowest BCUT2D eigenvalue weighted by atomic mass is 10.3. The van der Waals surface area contributed by atoms with Crippen molar-refractivity contribution in [3.8, 4) is 17.6 Å². The lowest BCUT2D eigenvalue weighted by molar-refractivity contribution is -0.130. The lowest BCUT2D eigenvalue weighted by Gasteiger charge is -2.20. The number of nitrogens with zero attached hydrogens (tertiary/aromatic N) is 2. The molecule has 0 aromatic heterocycles. The highest BCUT2D eigenvalue weighted by atomic mass is 32.2. The Kier molecular flexibility index (Phi) is 6.04. The Labute approximate surface area is 141 Å². The van der Waals surface area contributed by atoms with Crippen LogP contribution in [0.15, 0.2) is 23.1 Å². The zero-order chi connectivity index (χ0) is 17.6. The van der Waals surface area contributed by atoms with Crippen LogP contribution >= 0.6 is 0 Å². The standard InChI is InChI=1S/C16H20N2O5S/c1-2-18(8-3-7-17)16(19)6-11-24(20,21)13-4-5-14-15(12-13)23-10-9-22-14/h4-5,12H,2-3,6,8-11H2,1H3. The van der Waals surface area contributed by atoms with E-state index in [-0.39, 0.29) is 29.4 Å². The molecule has 0 unspecified atom stereocenters. The first-order valence-electron chi connectivity index (χ1n) is 7.75. The molecule has 0 spiro atoms. The Hall–Kier alpha value is -2.27. The van der Waals surface area contributed by atoms with Gasteiger partial charge in [-0.25, -0.2) is 8.42 Å². The van der Waals surface area contributed by atoms with Crippen LogP contribution in [0.2, 0.25) is 0 Å². The third-order valence-electron chi connectivity index (χ3n) is 3.69. The molecule has 0 saturated heterocycles. The summed E-state index contributed by atoms with van der Waals surface area (Å²) < 4.78 is 35.6. The molecule has 2 rings (SSSR count). The van der Waals surface area contributed by atoms with Crippen LogP contribution in [-0.4, -0.2) is 51.3 Å². The van der Waals surface area contributed by atoms with Crippen LogP contribution in [0.4, 0.5) is 0 Å². The van der Waals surface area contributed by atoms with E-state index in [1.165, 1.54) is 17.0 Å². The molecule has 0 N–H and O–H groups in total. The summed E-state index contributed by atoms with van der Waals surface area (Å²) >= 11 is 0. The third kappa shape index (κ3) is 4.38. The van der Waals surface area contributed by atoms with Crippen LogP contribution in [0.25, 0.3) is 0 Å². The van der Waals surface area contributed by atoms with Gasteiger partial charge in [0, 0.05) is 25.6 Å². The number of nitriles is 1. The SMILES string of the molecule is CCN(CCC#N)C(=O)CCS(=O)(=O)c1ccc2c(c1)OCCO2. The van der Waals surface area contributed by atoms with Gasteiger partial charge in [0.25, 0.3) is 0 Å². The first-order valence-corrected chi connectivity index (χ1v) is 9.40. The molecule has 7 nitrogen and oxygen atoms in total. The molecule has 0 saturated carbocycles. The van der Waals surface area contributed by atoms with Gasteiger partial charge >= 0.3 is 0 Å². The summed E-state index contributed by atoms with van der Waals surface area (Å²) in [5.74, 6) is 0.366. The number of fused-ring (bicyclic) bond motifs is 1. The van der Waals surface area contributed by atoms with Crippen LogP contribution in [0.3, 0.4) is 0 Å². The normalized spacial score (nSPS) is 13.2. The number of hydrogen-bond donors (Lipinski definition) is 0. The number of rotatable bonds is 7. The predicted octanol–water partition coefficient (Wildman–Crippen LogP) is 1.38. The van der Waals surface area contributed by atoms with Crippen molar-refractivity contribution in [1.82, 2.24) is 4.90 Å². The molecule has 0 radical (unpaired) electrons. The highest BCUT2D eigenvalue weighted by molar-refractivity contribution is 7.91. The molecule has 0 aliphatic carbocycles. The van der Waals surface area contributed by atoms with Crippen molar-refractivity contribution < 1.29 is 22.7 Å². The summed E-state index contributed by atoms with van der Waals surface area (Å²) in [4.78, 5) is 13.7. The molecular weight excluding hydrogens is 332 g/mol. The number of hydrogen-bond acceptors (Lipinski definition) is 6. The number of amides is 1. The van der Waals surface area contributed by atoms with Crippen molar-refractivity contribution >= 4 is 15.7 Å². The van der Waals surface area contributed by atoms with Gasteiger partial charge in [-0.2, -0.15) is 5.26 Å². The second-order valence-electron chi connectivity index (χ2n) is 5.26. The molecular formula is C16H20N2O5S. The number of carbonyl (C=O) groups excluding carboxylic acids is 1. The van der Waals surface area contributed by atoms with E-state index in [1.54, 1.807) is 13.0 Å². The monoisotopic (exact) mass is 352 g/mol. The molecule has 0 fully saturated rings. The zero-order valence-electron chi connectivity index (χ0n) is 13.5. The van der Waals surface area contributed by atoms with E-state index in [2.05, 4.69) is 0 Å². The van der Waals surface area contributed by atoms with Crippen molar-refractivity contribution in [3.63, 3.8) is 0 Å². The Morgan fingerprint density at radius 3 is 2.67 bits per heavy atom. The van der Waals surface area contributed by atoms with Gasteiger partial charge < -0.3 is 14.4 Å². The molecule has 1 heterocycles. The highest BCUT2D eigenvalue weighted by Gasteiger charge is 2.22. The first-order chi connectivity index (χ1) is 11.5. The second-order valence-corrected chi connectivity index (χ2v) is 7.37. The average molecular weight is 352 g/mol. The molecule has 1 amide bonds. The van der Waals surface area contributed by atoms with E-state index in [4.69, 9.17) is 14.7 Å². The average Bonchev–Trinajstić information content (AvgIpc) is 2.60. The van der Waals surface area contributed by atoms with Gasteiger partial charge in [0.05, 0.1) is 23.1 Å². The minimum absolute atomic E-state index is 0.111. The van der Waals surface area contributed by atoms with Crippen LogP contribution in [0.1, 0.15) is 19.8 Å². The third-order valence-corrected chi connectivity index (χ3v) is 5.40. The molecule has 1 aromatic carbocycles. The summed E-state index contributed by atoms with van der Waals surface area (Å²) in [5.41, 5.74) is 0. The lowest BCUT2D eigenvalue weighted by Crippen LogP contribution is -2.32. The van der Waals surface area contributed by atoms with Crippen LogP contribution < -0.4 is 9.47 Å². The number of sulfone groups is 1. The van der Waals surface area contributed by atoms with Crippen molar-refractivity contribution in [2.24, 2.45) is 0 Å². The van der Waals surface area contributed by atoms with E-state index in [0.717, 1.165) is 0 Å². The molecule has 24 heavy (non-hydrogen) atoms. The Morgan fingerprint density at radius 1 is 1.29 bits per heavy atom. The summed E-state index contributed by atoms with van der Waals surface area (Å²) in [6.07, 6.45) is 0.116. The van der Waals surface area contributed by atoms with E-state index < -0.39 is 9.84 Å². The molecule has 0 bridgehead atoms. The number of carbonyl (C=O) groups is 1. The molecule has 1 aromatic rings. The Morgan fingerprint density at radius 2 is 2.00 bits per heavy atom. The molecule has 1 aliphatic heterocycles. The minimum atomic E-state index is -3.60. The van der Waals surface area contributed by atoms with Crippen LogP contribution in [-0.2, 0) is 14.6 Å². The molecule has 8 heteroatoms. The zero-order valence-corrected chi connectivity index (χ0v) is 14.3. The number of benzene rings is 1. The maximum atomic E-state index is 12.4. The van der Waals surface area contributed by atoms with Crippen molar-refractivity contribution in [2.45, 2.75) is 24.7 Å². The minimum Gasteiger partial charge on any atom is -0.486 e. The smallest absolute Gasteiger partial charge is 0.223 e. The Bertz CT molecular complexity index is 739. The largest absolute Gasteiger partial charge is 0.486 e. The first kappa shape index (κ1) is 18.1. The van der Waals surface area contributed by atoms with Crippen LogP contribution in [0, 0.1) is 11.3 Å². The van der Waals surface area contributed by atoms with E-state index in [0.29, 0.717) is 37.8 Å². The second kappa shape index (κ2) is 8.02. The predicted molar refractivity (Wildman–Crippen MR) is 86.6 cm³/mol. The molecule has 1 aliphatic rings.